The van der Waals surface area contributed by atoms with Crippen LogP contribution in [-0.4, -0.2) is 29.1 Å². The van der Waals surface area contributed by atoms with Crippen LogP contribution in [0.2, 0.25) is 0 Å². The van der Waals surface area contributed by atoms with Gasteiger partial charge in [0.15, 0.2) is 0 Å². The highest BCUT2D eigenvalue weighted by Crippen LogP contribution is 2.42. The molecule has 2 nitrogen and oxygen atoms in total. The lowest BCUT2D eigenvalue weighted by atomic mass is 9.90. The van der Waals surface area contributed by atoms with Gasteiger partial charge in [0.1, 0.15) is 0 Å². The van der Waals surface area contributed by atoms with Crippen LogP contribution < -0.4 is 5.73 Å². The average Bonchev–Trinajstić information content (AvgIpc) is 2.71. The molecule has 0 unspecified atom stereocenters. The molecule has 82 valence electrons. The van der Waals surface area contributed by atoms with Gasteiger partial charge in [0.05, 0.1) is 0 Å². The third-order valence-corrected chi connectivity index (χ3v) is 4.39. The van der Waals surface area contributed by atoms with Crippen molar-refractivity contribution in [2.75, 3.05) is 13.1 Å². The zero-order valence-corrected chi connectivity index (χ0v) is 9.68. The molecule has 0 amide bonds. The summed E-state index contributed by atoms with van der Waals surface area (Å²) in [4.78, 5) is 2.72. The van der Waals surface area contributed by atoms with Crippen LogP contribution >= 0.6 is 0 Å². The fraction of sp³-hybridized carbons (Fsp3) is 1.00. The molecule has 2 heteroatoms. The molecule has 1 aliphatic carbocycles. The first-order chi connectivity index (χ1) is 6.61. The highest BCUT2D eigenvalue weighted by molar-refractivity contribution is 5.03. The molecular formula is C12H24N2. The molecule has 0 aromatic heterocycles. The molecule has 2 rings (SSSR count). The van der Waals surface area contributed by atoms with E-state index < -0.39 is 0 Å². The minimum atomic E-state index is 0.361. The lowest BCUT2D eigenvalue weighted by molar-refractivity contribution is 0.0392. The molecule has 1 heterocycles. The Morgan fingerprint density at radius 1 is 1.07 bits per heavy atom. The Hall–Kier alpha value is -0.0800. The summed E-state index contributed by atoms with van der Waals surface area (Å²) in [7, 11) is 0. The second-order valence-electron chi connectivity index (χ2n) is 5.70. The normalized spacial score (nSPS) is 31.1. The summed E-state index contributed by atoms with van der Waals surface area (Å²) >= 11 is 0. The van der Waals surface area contributed by atoms with Crippen molar-refractivity contribution < 1.29 is 0 Å². The van der Waals surface area contributed by atoms with Crippen molar-refractivity contribution in [2.24, 2.45) is 5.73 Å². The highest BCUT2D eigenvalue weighted by Gasteiger charge is 2.46. The second kappa shape index (κ2) is 3.49. The number of nitrogens with two attached hydrogens (primary N) is 1. The number of hydrogen-bond acceptors (Lipinski definition) is 2. The standard InChI is InChI=1S/C12H24N2/c1-11(2)6-5-9-14(11)12(10-13)7-3-4-8-12/h3-10,13H2,1-2H3. The van der Waals surface area contributed by atoms with Crippen molar-refractivity contribution in [2.45, 2.75) is 63.5 Å². The van der Waals surface area contributed by atoms with Gasteiger partial charge in [-0.1, -0.05) is 12.8 Å². The van der Waals surface area contributed by atoms with Gasteiger partial charge in [0.25, 0.3) is 0 Å². The van der Waals surface area contributed by atoms with Gasteiger partial charge in [-0.2, -0.15) is 0 Å². The number of rotatable bonds is 2. The molecule has 2 fully saturated rings. The minimum absolute atomic E-state index is 0.361. The van der Waals surface area contributed by atoms with Crippen LogP contribution in [0.1, 0.15) is 52.4 Å². The van der Waals surface area contributed by atoms with E-state index in [1.54, 1.807) is 0 Å². The van der Waals surface area contributed by atoms with E-state index in [-0.39, 0.29) is 0 Å². The van der Waals surface area contributed by atoms with E-state index in [0.717, 1.165) is 6.54 Å². The summed E-state index contributed by atoms with van der Waals surface area (Å²) in [5, 5.41) is 0. The molecule has 1 saturated carbocycles. The first-order valence-electron chi connectivity index (χ1n) is 6.09. The molecule has 2 N–H and O–H groups in total. The van der Waals surface area contributed by atoms with Crippen LogP contribution in [0.15, 0.2) is 0 Å². The SMILES string of the molecule is CC1(C)CCCN1C1(CN)CCCC1. The fourth-order valence-corrected chi connectivity index (χ4v) is 3.60. The molecular weight excluding hydrogens is 172 g/mol. The van der Waals surface area contributed by atoms with Crippen LogP contribution in [0.4, 0.5) is 0 Å². The van der Waals surface area contributed by atoms with E-state index in [0.29, 0.717) is 11.1 Å². The van der Waals surface area contributed by atoms with Crippen LogP contribution in [0.5, 0.6) is 0 Å². The van der Waals surface area contributed by atoms with Gasteiger partial charge in [-0.3, -0.25) is 4.90 Å². The van der Waals surface area contributed by atoms with Crippen LogP contribution in [0.3, 0.4) is 0 Å². The van der Waals surface area contributed by atoms with E-state index in [4.69, 9.17) is 5.73 Å². The van der Waals surface area contributed by atoms with Crippen molar-refractivity contribution in [1.82, 2.24) is 4.90 Å². The quantitative estimate of drug-likeness (QED) is 0.733. The topological polar surface area (TPSA) is 29.3 Å². The highest BCUT2D eigenvalue weighted by atomic mass is 15.3. The third kappa shape index (κ3) is 1.49. The minimum Gasteiger partial charge on any atom is -0.329 e. The maximum atomic E-state index is 6.03. The monoisotopic (exact) mass is 196 g/mol. The van der Waals surface area contributed by atoms with E-state index in [2.05, 4.69) is 18.7 Å². The van der Waals surface area contributed by atoms with Gasteiger partial charge < -0.3 is 5.73 Å². The molecule has 0 aromatic carbocycles. The van der Waals surface area contributed by atoms with E-state index in [1.807, 2.05) is 0 Å². The summed E-state index contributed by atoms with van der Waals surface area (Å²) in [6.07, 6.45) is 8.11. The first kappa shape index (κ1) is 10.4. The van der Waals surface area contributed by atoms with Crippen LogP contribution in [-0.2, 0) is 0 Å². The van der Waals surface area contributed by atoms with Gasteiger partial charge in [-0.05, 0) is 46.1 Å². The Bertz CT molecular complexity index is 204. The molecule has 0 spiro atoms. The predicted molar refractivity (Wildman–Crippen MR) is 60.3 cm³/mol. The average molecular weight is 196 g/mol. The maximum absolute atomic E-state index is 6.03. The number of likely N-dealkylation sites (tertiary alicyclic amines) is 1. The van der Waals surface area contributed by atoms with E-state index in [1.165, 1.54) is 45.1 Å². The van der Waals surface area contributed by atoms with Crippen LogP contribution in [0.25, 0.3) is 0 Å². The lowest BCUT2D eigenvalue weighted by Gasteiger charge is -2.46. The zero-order valence-electron chi connectivity index (χ0n) is 9.68. The molecule has 2 aliphatic rings. The molecule has 0 radical (unpaired) electrons. The number of hydrogen-bond donors (Lipinski definition) is 1. The predicted octanol–water partition coefficient (Wildman–Crippen LogP) is 2.13. The Morgan fingerprint density at radius 2 is 1.71 bits per heavy atom. The smallest absolute Gasteiger partial charge is 0.0337 e. The summed E-state index contributed by atoms with van der Waals surface area (Å²) in [5.41, 5.74) is 6.78. The maximum Gasteiger partial charge on any atom is 0.0337 e. The molecule has 0 atom stereocenters. The third-order valence-electron chi connectivity index (χ3n) is 4.39. The Balaban J connectivity index is 2.19. The van der Waals surface area contributed by atoms with Gasteiger partial charge in [0, 0.05) is 17.6 Å². The summed E-state index contributed by atoms with van der Waals surface area (Å²) in [6, 6.07) is 0. The second-order valence-corrected chi connectivity index (χ2v) is 5.70. The summed E-state index contributed by atoms with van der Waals surface area (Å²) in [5.74, 6) is 0. The summed E-state index contributed by atoms with van der Waals surface area (Å²) in [6.45, 7) is 6.89. The molecule has 0 aromatic rings. The zero-order chi connectivity index (χ0) is 10.2. The van der Waals surface area contributed by atoms with Crippen molar-refractivity contribution in [3.63, 3.8) is 0 Å². The molecule has 0 bridgehead atoms. The van der Waals surface area contributed by atoms with Gasteiger partial charge in [0.2, 0.25) is 0 Å². The van der Waals surface area contributed by atoms with Gasteiger partial charge in [-0.15, -0.1) is 0 Å². The Morgan fingerprint density at radius 3 is 2.14 bits per heavy atom. The largest absolute Gasteiger partial charge is 0.329 e. The van der Waals surface area contributed by atoms with Gasteiger partial charge in [-0.25, -0.2) is 0 Å². The van der Waals surface area contributed by atoms with Gasteiger partial charge >= 0.3 is 0 Å². The lowest BCUT2D eigenvalue weighted by Crippen LogP contribution is -2.57. The van der Waals surface area contributed by atoms with Crippen molar-refractivity contribution in [3.8, 4) is 0 Å². The van der Waals surface area contributed by atoms with Crippen molar-refractivity contribution in [1.29, 1.82) is 0 Å². The van der Waals surface area contributed by atoms with E-state index in [9.17, 15) is 0 Å². The molecule has 1 saturated heterocycles. The van der Waals surface area contributed by atoms with Crippen LogP contribution in [0, 0.1) is 0 Å². The Labute approximate surface area is 87.8 Å². The molecule has 1 aliphatic heterocycles. The molecule has 14 heavy (non-hydrogen) atoms. The summed E-state index contributed by atoms with van der Waals surface area (Å²) < 4.78 is 0. The first-order valence-corrected chi connectivity index (χ1v) is 6.09. The van der Waals surface area contributed by atoms with Crippen molar-refractivity contribution in [3.05, 3.63) is 0 Å². The number of nitrogens with zero attached hydrogens (tertiary/aromatic N) is 1. The van der Waals surface area contributed by atoms with E-state index >= 15 is 0 Å². The Kier molecular flexibility index (Phi) is 2.61. The van der Waals surface area contributed by atoms with Crippen molar-refractivity contribution >= 4 is 0 Å². The fourth-order valence-electron chi connectivity index (χ4n) is 3.60.